The van der Waals surface area contributed by atoms with Crippen molar-refractivity contribution in [3.63, 3.8) is 0 Å². The average molecular weight is 315 g/mol. The van der Waals surface area contributed by atoms with Gasteiger partial charge < -0.3 is 9.64 Å². The zero-order valence-corrected chi connectivity index (χ0v) is 13.7. The first-order valence-corrected chi connectivity index (χ1v) is 7.83. The van der Waals surface area contributed by atoms with Crippen molar-refractivity contribution < 1.29 is 9.53 Å². The maximum Gasteiger partial charge on any atom is 0.261 e. The summed E-state index contributed by atoms with van der Waals surface area (Å²) in [5, 5.41) is 0.545. The second-order valence-electron chi connectivity index (χ2n) is 6.19. The molecule has 1 aliphatic heterocycles. The summed E-state index contributed by atoms with van der Waals surface area (Å²) in [6.45, 7) is 6.90. The number of benzene rings is 1. The van der Waals surface area contributed by atoms with E-state index < -0.39 is 0 Å². The molecule has 1 aromatic carbocycles. The highest BCUT2D eigenvalue weighted by molar-refractivity contribution is 5.81. The summed E-state index contributed by atoms with van der Waals surface area (Å²) in [7, 11) is 0. The number of nitrogens with zero attached hydrogens (tertiary/aromatic N) is 3. The number of carbonyl (C=O) groups excluding carboxylic acids is 1. The number of rotatable bonds is 2. The van der Waals surface area contributed by atoms with Crippen LogP contribution in [-0.2, 0) is 16.1 Å². The molecule has 0 aliphatic carbocycles. The molecule has 1 aliphatic rings. The van der Waals surface area contributed by atoms with Crippen LogP contribution in [0.4, 0.5) is 0 Å². The van der Waals surface area contributed by atoms with Gasteiger partial charge in [-0.1, -0.05) is 12.1 Å². The highest BCUT2D eigenvalue weighted by Crippen LogP contribution is 2.13. The fraction of sp³-hybridized carbons (Fsp3) is 0.471. The number of hydrogen-bond acceptors (Lipinski definition) is 4. The Hall–Kier alpha value is -2.21. The van der Waals surface area contributed by atoms with Crippen LogP contribution >= 0.6 is 0 Å². The number of aryl methyl sites for hydroxylation is 1. The van der Waals surface area contributed by atoms with Crippen LogP contribution in [0.3, 0.4) is 0 Å². The fourth-order valence-electron chi connectivity index (χ4n) is 2.94. The molecule has 0 radical (unpaired) electrons. The van der Waals surface area contributed by atoms with Gasteiger partial charge in [-0.15, -0.1) is 0 Å². The maximum atomic E-state index is 12.6. The normalized spacial score (nSPS) is 21.6. The second kappa shape index (κ2) is 6.12. The molecule has 6 heteroatoms. The minimum Gasteiger partial charge on any atom is -0.375 e. The van der Waals surface area contributed by atoms with Gasteiger partial charge in [-0.3, -0.25) is 14.2 Å². The zero-order chi connectivity index (χ0) is 16.6. The van der Waals surface area contributed by atoms with Gasteiger partial charge >= 0.3 is 0 Å². The van der Waals surface area contributed by atoms with Gasteiger partial charge in [0.2, 0.25) is 5.91 Å². The number of hydrogen-bond donors (Lipinski definition) is 0. The lowest BCUT2D eigenvalue weighted by Crippen LogP contribution is -2.51. The standard InChI is InChI=1S/C17H21N3O3/c1-11-5-4-6-14-16(11)18-10-19(17(14)22)8-15(21)20-7-13(3)23-9-12(20)2/h4-6,10,12-13H,7-9H2,1-3H3. The highest BCUT2D eigenvalue weighted by atomic mass is 16.5. The Kier molecular flexibility index (Phi) is 4.17. The summed E-state index contributed by atoms with van der Waals surface area (Å²) in [4.78, 5) is 31.3. The maximum absolute atomic E-state index is 12.6. The molecule has 3 rings (SSSR count). The lowest BCUT2D eigenvalue weighted by Gasteiger charge is -2.36. The van der Waals surface area contributed by atoms with Gasteiger partial charge in [-0.2, -0.15) is 0 Å². The van der Waals surface area contributed by atoms with E-state index in [2.05, 4.69) is 4.98 Å². The lowest BCUT2D eigenvalue weighted by atomic mass is 10.1. The molecule has 2 unspecified atom stereocenters. The molecule has 1 aromatic heterocycles. The van der Waals surface area contributed by atoms with E-state index in [0.29, 0.717) is 24.1 Å². The number of ether oxygens (including phenoxy) is 1. The number of para-hydroxylation sites is 1. The Balaban J connectivity index is 1.88. The van der Waals surface area contributed by atoms with Crippen LogP contribution in [0.15, 0.2) is 29.3 Å². The third-order valence-electron chi connectivity index (χ3n) is 4.29. The van der Waals surface area contributed by atoms with Crippen molar-refractivity contribution in [1.82, 2.24) is 14.5 Å². The van der Waals surface area contributed by atoms with E-state index in [1.54, 1.807) is 11.0 Å². The van der Waals surface area contributed by atoms with Gasteiger partial charge in [0.15, 0.2) is 0 Å². The quantitative estimate of drug-likeness (QED) is 0.839. The van der Waals surface area contributed by atoms with Crippen molar-refractivity contribution in [2.45, 2.75) is 39.5 Å². The first kappa shape index (κ1) is 15.7. The van der Waals surface area contributed by atoms with Gasteiger partial charge in [0.1, 0.15) is 6.54 Å². The van der Waals surface area contributed by atoms with Crippen molar-refractivity contribution in [2.75, 3.05) is 13.2 Å². The zero-order valence-electron chi connectivity index (χ0n) is 13.7. The monoisotopic (exact) mass is 315 g/mol. The minimum atomic E-state index is -0.180. The Bertz CT molecular complexity index is 799. The molecule has 1 saturated heterocycles. The molecule has 1 amide bonds. The third kappa shape index (κ3) is 2.99. The van der Waals surface area contributed by atoms with E-state index in [1.165, 1.54) is 10.9 Å². The fourth-order valence-corrected chi connectivity index (χ4v) is 2.94. The molecule has 0 bridgehead atoms. The molecule has 0 N–H and O–H groups in total. The molecule has 122 valence electrons. The summed E-state index contributed by atoms with van der Waals surface area (Å²) in [5.74, 6) is -0.0800. The van der Waals surface area contributed by atoms with Crippen LogP contribution in [-0.4, -0.2) is 45.7 Å². The van der Waals surface area contributed by atoms with Gasteiger partial charge in [-0.05, 0) is 32.4 Å². The molecule has 0 saturated carbocycles. The van der Waals surface area contributed by atoms with E-state index in [9.17, 15) is 9.59 Å². The van der Waals surface area contributed by atoms with E-state index in [4.69, 9.17) is 4.74 Å². The topological polar surface area (TPSA) is 64.4 Å². The second-order valence-corrected chi connectivity index (χ2v) is 6.19. The molecule has 2 atom stereocenters. The largest absolute Gasteiger partial charge is 0.375 e. The van der Waals surface area contributed by atoms with Gasteiger partial charge in [0.25, 0.3) is 5.56 Å². The summed E-state index contributed by atoms with van der Waals surface area (Å²) in [5.41, 5.74) is 1.46. The molecule has 2 heterocycles. The van der Waals surface area contributed by atoms with Gasteiger partial charge in [0, 0.05) is 6.54 Å². The third-order valence-corrected chi connectivity index (χ3v) is 4.29. The summed E-state index contributed by atoms with van der Waals surface area (Å²) in [6.07, 6.45) is 1.48. The average Bonchev–Trinajstić information content (AvgIpc) is 2.53. The van der Waals surface area contributed by atoms with Gasteiger partial charge in [0.05, 0.1) is 36.0 Å². The van der Waals surface area contributed by atoms with E-state index >= 15 is 0 Å². The summed E-state index contributed by atoms with van der Waals surface area (Å²) in [6, 6.07) is 5.52. The molecular formula is C17H21N3O3. The Morgan fingerprint density at radius 1 is 1.39 bits per heavy atom. The lowest BCUT2D eigenvalue weighted by molar-refractivity contribution is -0.143. The van der Waals surface area contributed by atoms with Crippen LogP contribution in [0.1, 0.15) is 19.4 Å². The Morgan fingerprint density at radius 2 is 2.17 bits per heavy atom. The minimum absolute atomic E-state index is 0.00672. The van der Waals surface area contributed by atoms with Crippen molar-refractivity contribution in [3.8, 4) is 0 Å². The smallest absolute Gasteiger partial charge is 0.261 e. The predicted molar refractivity (Wildman–Crippen MR) is 87.3 cm³/mol. The van der Waals surface area contributed by atoms with Crippen LogP contribution in [0.2, 0.25) is 0 Å². The molecule has 6 nitrogen and oxygen atoms in total. The van der Waals surface area contributed by atoms with E-state index in [0.717, 1.165) is 5.56 Å². The predicted octanol–water partition coefficient (Wildman–Crippen LogP) is 1.34. The number of morpholine rings is 1. The van der Waals surface area contributed by atoms with Crippen molar-refractivity contribution in [1.29, 1.82) is 0 Å². The Morgan fingerprint density at radius 3 is 2.96 bits per heavy atom. The summed E-state index contributed by atoms with van der Waals surface area (Å²) < 4.78 is 6.93. The van der Waals surface area contributed by atoms with Crippen molar-refractivity contribution >= 4 is 16.8 Å². The van der Waals surface area contributed by atoms with E-state index in [1.807, 2.05) is 32.9 Å². The number of carbonyl (C=O) groups is 1. The summed E-state index contributed by atoms with van der Waals surface area (Å²) >= 11 is 0. The van der Waals surface area contributed by atoms with Crippen molar-refractivity contribution in [2.24, 2.45) is 0 Å². The first-order valence-electron chi connectivity index (χ1n) is 7.83. The number of fused-ring (bicyclic) bond motifs is 1. The van der Waals surface area contributed by atoms with Crippen LogP contribution in [0.5, 0.6) is 0 Å². The Labute approximate surface area is 134 Å². The molecule has 2 aromatic rings. The SMILES string of the molecule is Cc1cccc2c(=O)n(CC(=O)N3CC(C)OCC3C)cnc12. The number of amides is 1. The first-order chi connectivity index (χ1) is 11.0. The molecular weight excluding hydrogens is 294 g/mol. The van der Waals surface area contributed by atoms with Crippen molar-refractivity contribution in [3.05, 3.63) is 40.4 Å². The molecule has 23 heavy (non-hydrogen) atoms. The molecule has 1 fully saturated rings. The highest BCUT2D eigenvalue weighted by Gasteiger charge is 2.27. The number of aromatic nitrogens is 2. The van der Waals surface area contributed by atoms with Crippen LogP contribution < -0.4 is 5.56 Å². The van der Waals surface area contributed by atoms with Crippen LogP contribution in [0.25, 0.3) is 10.9 Å². The van der Waals surface area contributed by atoms with Gasteiger partial charge in [-0.25, -0.2) is 4.98 Å². The van der Waals surface area contributed by atoms with Crippen LogP contribution in [0, 0.1) is 6.92 Å². The van der Waals surface area contributed by atoms with E-state index in [-0.39, 0.29) is 30.2 Å². The molecule has 0 spiro atoms.